The van der Waals surface area contributed by atoms with Crippen molar-refractivity contribution in [1.29, 1.82) is 0 Å². The van der Waals surface area contributed by atoms with E-state index in [0.29, 0.717) is 0 Å². The minimum Gasteiger partial charge on any atom is -0.496 e. The van der Waals surface area contributed by atoms with Crippen LogP contribution >= 0.6 is 0 Å². The molecule has 1 aromatic rings. The summed E-state index contributed by atoms with van der Waals surface area (Å²) in [5.74, 6) is 0.551. The number of hydrogen-bond donors (Lipinski definition) is 0. The number of ether oxygens (including phenoxy) is 1. The number of hydrogen-bond acceptors (Lipinski definition) is 1. The number of halogens is 1. The van der Waals surface area contributed by atoms with Crippen LogP contribution in [0.2, 0.25) is 0 Å². The quantitative estimate of drug-likeness (QED) is 0.516. The van der Waals surface area contributed by atoms with Crippen molar-refractivity contribution in [2.75, 3.05) is 7.11 Å². The Morgan fingerprint density at radius 2 is 2.29 bits per heavy atom. The molecular weight excluding hydrogens is 179 g/mol. The summed E-state index contributed by atoms with van der Waals surface area (Å²) in [7, 11) is 1.60. The fraction of sp³-hybridized carbons (Fsp3) is 0.333. The summed E-state index contributed by atoms with van der Waals surface area (Å²) in [6.45, 7) is 3.65. The Labute approximate surface area is 84.2 Å². The van der Waals surface area contributed by atoms with Crippen molar-refractivity contribution in [2.24, 2.45) is 0 Å². The van der Waals surface area contributed by atoms with Crippen LogP contribution in [0.15, 0.2) is 30.9 Å². The Kier molecular flexibility index (Phi) is 4.17. The Hall–Kier alpha value is -1.31. The van der Waals surface area contributed by atoms with Gasteiger partial charge in [-0.05, 0) is 43.0 Å². The molecule has 0 bridgehead atoms. The lowest BCUT2D eigenvalue weighted by atomic mass is 10.1. The summed E-state index contributed by atoms with van der Waals surface area (Å²) >= 11 is 0. The SMILES string of the molecule is C=CCCCc1cc(F)ccc1OC. The highest BCUT2D eigenvalue weighted by atomic mass is 19.1. The smallest absolute Gasteiger partial charge is 0.123 e. The van der Waals surface area contributed by atoms with Gasteiger partial charge in [0.1, 0.15) is 11.6 Å². The van der Waals surface area contributed by atoms with Crippen LogP contribution in [0.3, 0.4) is 0 Å². The predicted octanol–water partition coefficient (Wildman–Crippen LogP) is 3.34. The van der Waals surface area contributed by atoms with Gasteiger partial charge in [0.25, 0.3) is 0 Å². The molecule has 0 spiro atoms. The van der Waals surface area contributed by atoms with E-state index in [0.717, 1.165) is 30.6 Å². The molecule has 0 unspecified atom stereocenters. The molecule has 0 amide bonds. The predicted molar refractivity (Wildman–Crippen MR) is 56.1 cm³/mol. The van der Waals surface area contributed by atoms with Gasteiger partial charge in [0.2, 0.25) is 0 Å². The average Bonchev–Trinajstić information content (AvgIpc) is 2.19. The lowest BCUT2D eigenvalue weighted by Gasteiger charge is -2.07. The van der Waals surface area contributed by atoms with Gasteiger partial charge in [-0.25, -0.2) is 4.39 Å². The molecule has 1 rings (SSSR count). The zero-order valence-corrected chi connectivity index (χ0v) is 8.42. The molecule has 14 heavy (non-hydrogen) atoms. The summed E-state index contributed by atoms with van der Waals surface area (Å²) in [5, 5.41) is 0. The van der Waals surface area contributed by atoms with E-state index in [4.69, 9.17) is 4.74 Å². The normalized spacial score (nSPS) is 9.86. The van der Waals surface area contributed by atoms with Crippen molar-refractivity contribution >= 4 is 0 Å². The highest BCUT2D eigenvalue weighted by Gasteiger charge is 2.03. The summed E-state index contributed by atoms with van der Waals surface area (Å²) in [6, 6.07) is 4.61. The highest BCUT2D eigenvalue weighted by Crippen LogP contribution is 2.21. The molecule has 76 valence electrons. The second-order valence-corrected chi connectivity index (χ2v) is 3.14. The van der Waals surface area contributed by atoms with Gasteiger partial charge in [0.05, 0.1) is 7.11 Å². The monoisotopic (exact) mass is 194 g/mol. The van der Waals surface area contributed by atoms with E-state index in [-0.39, 0.29) is 5.82 Å². The lowest BCUT2D eigenvalue weighted by molar-refractivity contribution is 0.407. The average molecular weight is 194 g/mol. The Balaban J connectivity index is 2.71. The fourth-order valence-electron chi connectivity index (χ4n) is 1.38. The molecule has 0 saturated carbocycles. The molecular formula is C12H15FO. The molecule has 0 aliphatic carbocycles. The number of rotatable bonds is 5. The van der Waals surface area contributed by atoms with E-state index < -0.39 is 0 Å². The standard InChI is InChI=1S/C12H15FO/c1-3-4-5-6-10-9-11(13)7-8-12(10)14-2/h3,7-9H,1,4-6H2,2H3. The molecule has 1 aromatic carbocycles. The minimum absolute atomic E-state index is 0.209. The molecule has 0 aromatic heterocycles. The maximum absolute atomic E-state index is 12.9. The number of methoxy groups -OCH3 is 1. The third kappa shape index (κ3) is 2.87. The largest absolute Gasteiger partial charge is 0.496 e. The molecule has 0 saturated heterocycles. The number of benzene rings is 1. The van der Waals surface area contributed by atoms with E-state index in [1.165, 1.54) is 12.1 Å². The zero-order valence-electron chi connectivity index (χ0n) is 8.42. The van der Waals surface area contributed by atoms with E-state index in [1.54, 1.807) is 13.2 Å². The maximum atomic E-state index is 12.9. The lowest BCUT2D eigenvalue weighted by Crippen LogP contribution is -1.93. The third-order valence-electron chi connectivity index (χ3n) is 2.10. The number of unbranched alkanes of at least 4 members (excludes halogenated alkanes) is 1. The van der Waals surface area contributed by atoms with Crippen LogP contribution < -0.4 is 4.74 Å². The van der Waals surface area contributed by atoms with Crippen molar-refractivity contribution in [2.45, 2.75) is 19.3 Å². The van der Waals surface area contributed by atoms with E-state index >= 15 is 0 Å². The molecule has 0 heterocycles. The van der Waals surface area contributed by atoms with Crippen molar-refractivity contribution < 1.29 is 9.13 Å². The van der Waals surface area contributed by atoms with E-state index in [2.05, 4.69) is 6.58 Å². The first-order valence-corrected chi connectivity index (χ1v) is 4.71. The Bertz CT molecular complexity index is 307. The van der Waals surface area contributed by atoms with Gasteiger partial charge in [0, 0.05) is 0 Å². The van der Waals surface area contributed by atoms with Crippen LogP contribution in [0.25, 0.3) is 0 Å². The molecule has 2 heteroatoms. The first-order valence-electron chi connectivity index (χ1n) is 4.71. The first kappa shape index (κ1) is 10.8. The molecule has 0 fully saturated rings. The summed E-state index contributed by atoms with van der Waals surface area (Å²) < 4.78 is 18.1. The molecule has 1 nitrogen and oxygen atoms in total. The van der Waals surface area contributed by atoms with Gasteiger partial charge < -0.3 is 4.74 Å². The molecule has 0 aliphatic rings. The summed E-state index contributed by atoms with van der Waals surface area (Å²) in [5.41, 5.74) is 0.925. The van der Waals surface area contributed by atoms with Gasteiger partial charge >= 0.3 is 0 Å². The van der Waals surface area contributed by atoms with Crippen LogP contribution in [0.4, 0.5) is 4.39 Å². The van der Waals surface area contributed by atoms with Crippen molar-refractivity contribution in [1.82, 2.24) is 0 Å². The fourth-order valence-corrected chi connectivity index (χ4v) is 1.38. The topological polar surface area (TPSA) is 9.23 Å². The Morgan fingerprint density at radius 3 is 2.93 bits per heavy atom. The van der Waals surface area contributed by atoms with Gasteiger partial charge in [-0.15, -0.1) is 6.58 Å². The van der Waals surface area contributed by atoms with Crippen molar-refractivity contribution in [3.63, 3.8) is 0 Å². The second kappa shape index (κ2) is 5.43. The second-order valence-electron chi connectivity index (χ2n) is 3.14. The van der Waals surface area contributed by atoms with Crippen LogP contribution in [0.5, 0.6) is 5.75 Å². The van der Waals surface area contributed by atoms with Crippen molar-refractivity contribution in [3.05, 3.63) is 42.2 Å². The number of aryl methyl sites for hydroxylation is 1. The first-order chi connectivity index (χ1) is 6.77. The molecule has 0 aliphatic heterocycles. The molecule has 0 radical (unpaired) electrons. The zero-order chi connectivity index (χ0) is 10.4. The van der Waals surface area contributed by atoms with E-state index in [1.807, 2.05) is 6.08 Å². The summed E-state index contributed by atoms with van der Waals surface area (Å²) in [6.07, 6.45) is 4.61. The minimum atomic E-state index is -0.209. The third-order valence-corrected chi connectivity index (χ3v) is 2.10. The van der Waals surface area contributed by atoms with Gasteiger partial charge in [-0.2, -0.15) is 0 Å². The maximum Gasteiger partial charge on any atom is 0.123 e. The van der Waals surface area contributed by atoms with E-state index in [9.17, 15) is 4.39 Å². The number of allylic oxidation sites excluding steroid dienone is 1. The van der Waals surface area contributed by atoms with Crippen LogP contribution in [0, 0.1) is 5.82 Å². The molecule has 0 N–H and O–H groups in total. The highest BCUT2D eigenvalue weighted by molar-refractivity contribution is 5.33. The van der Waals surface area contributed by atoms with Gasteiger partial charge in [-0.3, -0.25) is 0 Å². The van der Waals surface area contributed by atoms with Crippen LogP contribution in [-0.4, -0.2) is 7.11 Å². The summed E-state index contributed by atoms with van der Waals surface area (Å²) in [4.78, 5) is 0. The van der Waals surface area contributed by atoms with Gasteiger partial charge in [-0.1, -0.05) is 6.08 Å². The van der Waals surface area contributed by atoms with Gasteiger partial charge in [0.15, 0.2) is 0 Å². The Morgan fingerprint density at radius 1 is 1.50 bits per heavy atom. The van der Waals surface area contributed by atoms with Crippen LogP contribution in [-0.2, 0) is 6.42 Å². The van der Waals surface area contributed by atoms with Crippen LogP contribution in [0.1, 0.15) is 18.4 Å². The molecule has 0 atom stereocenters. The van der Waals surface area contributed by atoms with Crippen molar-refractivity contribution in [3.8, 4) is 5.75 Å².